The minimum Gasteiger partial charge on any atom is -0.490 e. The van der Waals surface area contributed by atoms with Crippen molar-refractivity contribution in [3.8, 4) is 11.5 Å². The summed E-state index contributed by atoms with van der Waals surface area (Å²) in [5, 5.41) is 1.71. The Kier molecular flexibility index (Phi) is 6.68. The lowest BCUT2D eigenvalue weighted by molar-refractivity contribution is 0.216. The molecule has 0 heterocycles. The molecule has 0 aliphatic heterocycles. The molecule has 2 nitrogen and oxygen atoms in total. The fraction of sp³-hybridized carbons (Fsp3) is 0.200. The summed E-state index contributed by atoms with van der Waals surface area (Å²) >= 11 is 18.9. The topological polar surface area (TPSA) is 18.5 Å². The van der Waals surface area contributed by atoms with Gasteiger partial charge in [-0.05, 0) is 36.4 Å². The van der Waals surface area contributed by atoms with Gasteiger partial charge >= 0.3 is 0 Å². The minimum atomic E-state index is 0.400. The van der Waals surface area contributed by atoms with Crippen LogP contribution in [0.1, 0.15) is 5.56 Å². The number of alkyl halides is 1. The Balaban J connectivity index is 1.90. The van der Waals surface area contributed by atoms with Crippen LogP contribution in [0.4, 0.5) is 0 Å². The monoisotopic (exact) mass is 452 g/mol. The van der Waals surface area contributed by atoms with Crippen molar-refractivity contribution in [3.63, 3.8) is 0 Å². The van der Waals surface area contributed by atoms with Gasteiger partial charge in [-0.3, -0.25) is 0 Å². The van der Waals surface area contributed by atoms with Crippen molar-refractivity contribution in [3.05, 3.63) is 56.5 Å². The van der Waals surface area contributed by atoms with Gasteiger partial charge < -0.3 is 9.47 Å². The van der Waals surface area contributed by atoms with Crippen LogP contribution < -0.4 is 9.47 Å². The molecule has 21 heavy (non-hydrogen) atoms. The summed E-state index contributed by atoms with van der Waals surface area (Å²) in [5.74, 6) is 1.43. The number of ether oxygens (including phenoxy) is 2. The maximum atomic E-state index is 6.15. The van der Waals surface area contributed by atoms with E-state index in [0.717, 1.165) is 15.8 Å². The van der Waals surface area contributed by atoms with Gasteiger partial charge in [0.1, 0.15) is 24.7 Å². The minimum absolute atomic E-state index is 0.400. The van der Waals surface area contributed by atoms with Crippen molar-refractivity contribution in [2.75, 3.05) is 13.2 Å². The number of rotatable bonds is 6. The van der Waals surface area contributed by atoms with Crippen LogP contribution in [0.15, 0.2) is 40.9 Å². The predicted molar refractivity (Wildman–Crippen MR) is 94.2 cm³/mol. The lowest BCUT2D eigenvalue weighted by Gasteiger charge is -2.13. The Morgan fingerprint density at radius 2 is 1.62 bits per heavy atom. The van der Waals surface area contributed by atoms with E-state index in [4.69, 9.17) is 32.7 Å². The predicted octanol–water partition coefficient (Wildman–Crippen LogP) is 6.11. The van der Waals surface area contributed by atoms with Crippen molar-refractivity contribution in [1.82, 2.24) is 0 Å². The van der Waals surface area contributed by atoms with Crippen LogP contribution in [0.5, 0.6) is 11.5 Å². The number of halogens is 4. The van der Waals surface area contributed by atoms with Crippen LogP contribution in [-0.4, -0.2) is 13.2 Å². The molecular weight excluding hydrogens is 443 g/mol. The first-order chi connectivity index (χ1) is 10.1. The highest BCUT2D eigenvalue weighted by Gasteiger charge is 2.10. The largest absolute Gasteiger partial charge is 0.490 e. The summed E-state index contributed by atoms with van der Waals surface area (Å²) in [6, 6.07) is 11.1. The van der Waals surface area contributed by atoms with E-state index < -0.39 is 0 Å². The third kappa shape index (κ3) is 5.06. The molecule has 0 N–H and O–H groups in total. The zero-order chi connectivity index (χ0) is 15.2. The van der Waals surface area contributed by atoms with E-state index in [9.17, 15) is 0 Å². The van der Waals surface area contributed by atoms with Crippen LogP contribution >= 0.6 is 55.1 Å². The summed E-state index contributed by atoms with van der Waals surface area (Å²) in [6.45, 7) is 0.833. The molecule has 6 heteroatoms. The van der Waals surface area contributed by atoms with E-state index in [1.807, 2.05) is 30.3 Å². The van der Waals surface area contributed by atoms with Gasteiger partial charge in [-0.15, -0.1) is 0 Å². The van der Waals surface area contributed by atoms with Gasteiger partial charge in [-0.2, -0.15) is 0 Å². The van der Waals surface area contributed by atoms with E-state index in [2.05, 4.69) is 31.9 Å². The lowest BCUT2D eigenvalue weighted by atomic mass is 10.2. The molecule has 0 saturated carbocycles. The van der Waals surface area contributed by atoms with Gasteiger partial charge in [0.25, 0.3) is 0 Å². The SMILES string of the molecule is Clc1cc(Cl)c(OCCOc2ccc(Br)cc2)c(CBr)c1. The van der Waals surface area contributed by atoms with Gasteiger partial charge in [0.2, 0.25) is 0 Å². The third-order valence-electron chi connectivity index (χ3n) is 2.64. The van der Waals surface area contributed by atoms with Crippen molar-refractivity contribution in [2.45, 2.75) is 5.33 Å². The molecule has 2 rings (SSSR count). The fourth-order valence-electron chi connectivity index (χ4n) is 1.71. The molecule has 0 aliphatic rings. The van der Waals surface area contributed by atoms with Crippen LogP contribution in [0.2, 0.25) is 10.0 Å². The summed E-state index contributed by atoms with van der Waals surface area (Å²) in [5.41, 5.74) is 0.913. The maximum Gasteiger partial charge on any atom is 0.142 e. The number of hydrogen-bond donors (Lipinski definition) is 0. The van der Waals surface area contributed by atoms with Crippen LogP contribution in [-0.2, 0) is 5.33 Å². The summed E-state index contributed by atoms with van der Waals surface area (Å²) in [4.78, 5) is 0. The first-order valence-corrected chi connectivity index (χ1v) is 8.82. The van der Waals surface area contributed by atoms with E-state index in [1.54, 1.807) is 6.07 Å². The summed E-state index contributed by atoms with van der Waals surface area (Å²) < 4.78 is 12.3. The molecule has 0 radical (unpaired) electrons. The highest BCUT2D eigenvalue weighted by Crippen LogP contribution is 2.33. The van der Waals surface area contributed by atoms with Crippen LogP contribution in [0.25, 0.3) is 0 Å². The Bertz CT molecular complexity index is 603. The molecule has 0 fully saturated rings. The highest BCUT2D eigenvalue weighted by molar-refractivity contribution is 9.10. The highest BCUT2D eigenvalue weighted by atomic mass is 79.9. The number of hydrogen-bond acceptors (Lipinski definition) is 2. The molecule has 0 saturated heterocycles. The van der Waals surface area contributed by atoms with E-state index in [0.29, 0.717) is 34.3 Å². The van der Waals surface area contributed by atoms with E-state index in [-0.39, 0.29) is 0 Å². The molecule has 0 unspecified atom stereocenters. The smallest absolute Gasteiger partial charge is 0.142 e. The van der Waals surface area contributed by atoms with E-state index in [1.165, 1.54) is 0 Å². The second kappa shape index (κ2) is 8.28. The van der Waals surface area contributed by atoms with Crippen LogP contribution in [0.3, 0.4) is 0 Å². The zero-order valence-corrected chi connectivity index (χ0v) is 15.6. The second-order valence-electron chi connectivity index (χ2n) is 4.16. The summed E-state index contributed by atoms with van der Waals surface area (Å²) in [7, 11) is 0. The standard InChI is InChI=1S/C15H12Br2Cl2O2/c16-9-10-7-12(18)8-14(19)15(10)21-6-5-20-13-3-1-11(17)2-4-13/h1-4,7-8H,5-6,9H2. The van der Waals surface area contributed by atoms with Crippen LogP contribution in [0, 0.1) is 0 Å². The molecule has 0 aromatic heterocycles. The third-order valence-corrected chi connectivity index (χ3v) is 4.27. The first-order valence-electron chi connectivity index (χ1n) is 6.15. The van der Waals surface area contributed by atoms with Crippen molar-refractivity contribution in [2.24, 2.45) is 0 Å². The molecule has 0 aliphatic carbocycles. The Labute approximate surface area is 150 Å². The quantitative estimate of drug-likeness (QED) is 0.387. The van der Waals surface area contributed by atoms with Crippen molar-refractivity contribution in [1.29, 1.82) is 0 Å². The molecule has 0 atom stereocenters. The Morgan fingerprint density at radius 3 is 2.29 bits per heavy atom. The molecule has 0 amide bonds. The molecule has 0 bridgehead atoms. The molecule has 2 aromatic carbocycles. The summed E-state index contributed by atoms with van der Waals surface area (Å²) in [6.07, 6.45) is 0. The Hall–Kier alpha value is -0.420. The molecule has 2 aromatic rings. The normalized spacial score (nSPS) is 10.5. The molecule has 0 spiro atoms. The first kappa shape index (κ1) is 16.9. The maximum absolute atomic E-state index is 6.15. The lowest BCUT2D eigenvalue weighted by Crippen LogP contribution is -2.10. The number of benzene rings is 2. The second-order valence-corrected chi connectivity index (χ2v) is 6.48. The Morgan fingerprint density at radius 1 is 0.952 bits per heavy atom. The van der Waals surface area contributed by atoms with Gasteiger partial charge in [-0.25, -0.2) is 0 Å². The average Bonchev–Trinajstić information content (AvgIpc) is 2.46. The van der Waals surface area contributed by atoms with Gasteiger partial charge in [0.05, 0.1) is 5.02 Å². The zero-order valence-electron chi connectivity index (χ0n) is 10.9. The average molecular weight is 455 g/mol. The molecular formula is C15H12Br2Cl2O2. The molecule has 112 valence electrons. The van der Waals surface area contributed by atoms with Crippen molar-refractivity contribution < 1.29 is 9.47 Å². The fourth-order valence-corrected chi connectivity index (χ4v) is 2.98. The van der Waals surface area contributed by atoms with Gasteiger partial charge in [-0.1, -0.05) is 55.1 Å². The van der Waals surface area contributed by atoms with Crippen molar-refractivity contribution >= 4 is 55.1 Å². The van der Waals surface area contributed by atoms with Gasteiger partial charge in [0, 0.05) is 20.4 Å². The van der Waals surface area contributed by atoms with Gasteiger partial charge in [0.15, 0.2) is 0 Å². The van der Waals surface area contributed by atoms with E-state index >= 15 is 0 Å².